The number of nitrogens with one attached hydrogen (secondary N) is 1. The van der Waals surface area contributed by atoms with Gasteiger partial charge in [0, 0.05) is 12.8 Å². The molecule has 5 nitrogen and oxygen atoms in total. The third-order valence-corrected chi connectivity index (χ3v) is 1.87. The number of ether oxygens (including phenoxy) is 1. The van der Waals surface area contributed by atoms with Crippen molar-refractivity contribution in [1.29, 1.82) is 0 Å². The van der Waals surface area contributed by atoms with Crippen molar-refractivity contribution in [3.05, 3.63) is 0 Å². The highest BCUT2D eigenvalue weighted by Crippen LogP contribution is 1.79. The Morgan fingerprint density at radius 3 is 2.45 bits per heavy atom. The van der Waals surface area contributed by atoms with Gasteiger partial charge >= 0.3 is 6.09 Å². The first kappa shape index (κ1) is 10.2. The Balaban J connectivity index is 3.51. The van der Waals surface area contributed by atoms with E-state index in [4.69, 9.17) is 0 Å². The van der Waals surface area contributed by atoms with Crippen LogP contribution in [0.4, 0.5) is 4.79 Å². The molecule has 0 spiro atoms. The van der Waals surface area contributed by atoms with E-state index < -0.39 is 15.9 Å². The lowest BCUT2D eigenvalue weighted by molar-refractivity contribution is 0.172. The molecule has 0 aromatic heterocycles. The fourth-order valence-corrected chi connectivity index (χ4v) is 0.884. The van der Waals surface area contributed by atoms with Gasteiger partial charge in [0.2, 0.25) is 0 Å². The maximum atomic E-state index is 10.5. The Bertz CT molecular complexity index is 221. The van der Waals surface area contributed by atoms with E-state index in [0.717, 1.165) is 6.26 Å². The van der Waals surface area contributed by atoms with Gasteiger partial charge in [0.25, 0.3) is 0 Å². The van der Waals surface area contributed by atoms with Gasteiger partial charge in [0.15, 0.2) is 0 Å². The minimum absolute atomic E-state index is 0.0674. The van der Waals surface area contributed by atoms with Crippen LogP contribution in [0.15, 0.2) is 0 Å². The first-order chi connectivity index (χ1) is 4.95. The molecule has 0 bridgehead atoms. The molecule has 0 aliphatic rings. The molecule has 0 aromatic rings. The molecule has 0 saturated heterocycles. The van der Waals surface area contributed by atoms with Crippen molar-refractivity contribution in [3.63, 3.8) is 0 Å². The average Bonchev–Trinajstić information content (AvgIpc) is 1.85. The summed E-state index contributed by atoms with van der Waals surface area (Å²) in [4.78, 5) is 10.4. The summed E-state index contributed by atoms with van der Waals surface area (Å²) >= 11 is 0. The van der Waals surface area contributed by atoms with Crippen LogP contribution in [0.25, 0.3) is 0 Å². The number of carbonyl (C=O) groups is 1. The molecular weight excluding hydrogens is 170 g/mol. The highest BCUT2D eigenvalue weighted by molar-refractivity contribution is 7.90. The van der Waals surface area contributed by atoms with Gasteiger partial charge in [-0.2, -0.15) is 0 Å². The summed E-state index contributed by atoms with van der Waals surface area (Å²) in [5, 5.41) is 2.25. The van der Waals surface area contributed by atoms with Gasteiger partial charge in [0.05, 0.1) is 12.9 Å². The number of methoxy groups -OCH3 is 1. The number of alkyl carbamates (subject to hydrolysis) is 1. The van der Waals surface area contributed by atoms with Crippen molar-refractivity contribution in [2.45, 2.75) is 0 Å². The van der Waals surface area contributed by atoms with Crippen molar-refractivity contribution in [3.8, 4) is 0 Å². The van der Waals surface area contributed by atoms with E-state index in [9.17, 15) is 13.2 Å². The molecule has 0 unspecified atom stereocenters. The van der Waals surface area contributed by atoms with Crippen molar-refractivity contribution in [2.24, 2.45) is 0 Å². The van der Waals surface area contributed by atoms with Gasteiger partial charge in [-0.05, 0) is 0 Å². The third-order valence-electron chi connectivity index (χ3n) is 0.928. The maximum Gasteiger partial charge on any atom is 0.406 e. The van der Waals surface area contributed by atoms with Crippen LogP contribution in [0.5, 0.6) is 0 Å². The van der Waals surface area contributed by atoms with Crippen LogP contribution in [0, 0.1) is 0 Å². The molecule has 0 heterocycles. The zero-order valence-corrected chi connectivity index (χ0v) is 7.27. The van der Waals surface area contributed by atoms with E-state index in [1.54, 1.807) is 0 Å². The highest BCUT2D eigenvalue weighted by Gasteiger charge is 2.03. The molecule has 0 radical (unpaired) electrons. The Hall–Kier alpha value is -0.780. The van der Waals surface area contributed by atoms with Gasteiger partial charge in [0.1, 0.15) is 9.84 Å². The van der Waals surface area contributed by atoms with E-state index in [-0.39, 0.29) is 12.3 Å². The van der Waals surface area contributed by atoms with Crippen molar-refractivity contribution in [1.82, 2.24) is 5.32 Å². The van der Waals surface area contributed by atoms with Gasteiger partial charge in [-0.1, -0.05) is 0 Å². The van der Waals surface area contributed by atoms with Gasteiger partial charge in [-0.25, -0.2) is 13.2 Å². The minimum atomic E-state index is -3.00. The topological polar surface area (TPSA) is 72.5 Å². The van der Waals surface area contributed by atoms with Crippen LogP contribution in [-0.2, 0) is 14.6 Å². The number of rotatable bonds is 3. The first-order valence-electron chi connectivity index (χ1n) is 2.95. The molecule has 0 aliphatic carbocycles. The second-order valence-electron chi connectivity index (χ2n) is 2.05. The van der Waals surface area contributed by atoms with E-state index in [2.05, 4.69) is 10.1 Å². The van der Waals surface area contributed by atoms with Crippen LogP contribution < -0.4 is 5.32 Å². The van der Waals surface area contributed by atoms with Gasteiger partial charge in [-0.15, -0.1) is 0 Å². The van der Waals surface area contributed by atoms with Crippen molar-refractivity contribution >= 4 is 15.9 Å². The van der Waals surface area contributed by atoms with Crippen LogP contribution in [0.2, 0.25) is 0 Å². The summed E-state index contributed by atoms with van der Waals surface area (Å²) in [7, 11) is -1.78. The fourth-order valence-electron chi connectivity index (χ4n) is 0.411. The molecule has 0 atom stereocenters. The zero-order chi connectivity index (χ0) is 8.91. The summed E-state index contributed by atoms with van der Waals surface area (Å²) in [5.41, 5.74) is 0. The van der Waals surface area contributed by atoms with E-state index >= 15 is 0 Å². The number of amides is 1. The number of sulfone groups is 1. The van der Waals surface area contributed by atoms with Crippen LogP contribution in [-0.4, -0.2) is 40.2 Å². The van der Waals surface area contributed by atoms with Crippen LogP contribution >= 0.6 is 0 Å². The van der Waals surface area contributed by atoms with E-state index in [1.165, 1.54) is 7.11 Å². The Labute approximate surface area is 65.6 Å². The lowest BCUT2D eigenvalue weighted by Crippen LogP contribution is -2.28. The average molecular weight is 181 g/mol. The highest BCUT2D eigenvalue weighted by atomic mass is 32.2. The molecular formula is C5H11NO4S. The Kier molecular flexibility index (Phi) is 3.88. The van der Waals surface area contributed by atoms with Crippen LogP contribution in [0.3, 0.4) is 0 Å². The lowest BCUT2D eigenvalue weighted by atomic mass is 10.7. The number of hydrogen-bond donors (Lipinski definition) is 1. The summed E-state index contributed by atoms with van der Waals surface area (Å²) in [6, 6.07) is 0. The summed E-state index contributed by atoms with van der Waals surface area (Å²) in [6.45, 7) is 0.0888. The third kappa shape index (κ3) is 7.11. The summed E-state index contributed by atoms with van der Waals surface area (Å²) < 4.78 is 25.2. The molecule has 66 valence electrons. The Morgan fingerprint density at radius 1 is 1.55 bits per heavy atom. The second-order valence-corrected chi connectivity index (χ2v) is 4.31. The molecule has 0 aromatic carbocycles. The molecule has 0 aliphatic heterocycles. The summed E-state index contributed by atoms with van der Waals surface area (Å²) in [6.07, 6.45) is 0.486. The maximum absolute atomic E-state index is 10.5. The van der Waals surface area contributed by atoms with E-state index in [1.807, 2.05) is 0 Å². The monoisotopic (exact) mass is 181 g/mol. The molecule has 1 amide bonds. The standard InChI is InChI=1S/C5H11NO4S/c1-10-5(7)6-3-4-11(2,8)9/h3-4H2,1-2H3,(H,6,7). The zero-order valence-electron chi connectivity index (χ0n) is 6.46. The van der Waals surface area contributed by atoms with Gasteiger partial charge < -0.3 is 10.1 Å². The van der Waals surface area contributed by atoms with E-state index in [0.29, 0.717) is 0 Å². The van der Waals surface area contributed by atoms with Gasteiger partial charge in [-0.3, -0.25) is 0 Å². The summed E-state index contributed by atoms with van der Waals surface area (Å²) in [5.74, 6) is -0.0674. The molecule has 6 heteroatoms. The quantitative estimate of drug-likeness (QED) is 0.630. The fraction of sp³-hybridized carbons (Fsp3) is 0.800. The van der Waals surface area contributed by atoms with Crippen molar-refractivity contribution < 1.29 is 17.9 Å². The van der Waals surface area contributed by atoms with Crippen LogP contribution in [0.1, 0.15) is 0 Å². The lowest BCUT2D eigenvalue weighted by Gasteiger charge is -2.00. The van der Waals surface area contributed by atoms with Crippen molar-refractivity contribution in [2.75, 3.05) is 25.7 Å². The largest absolute Gasteiger partial charge is 0.453 e. The Morgan fingerprint density at radius 2 is 2.09 bits per heavy atom. The molecule has 11 heavy (non-hydrogen) atoms. The number of hydrogen-bond acceptors (Lipinski definition) is 4. The molecule has 1 N–H and O–H groups in total. The predicted molar refractivity (Wildman–Crippen MR) is 40.1 cm³/mol. The molecule has 0 saturated carbocycles. The predicted octanol–water partition coefficient (Wildman–Crippen LogP) is -0.613. The molecule has 0 fully saturated rings. The minimum Gasteiger partial charge on any atom is -0.453 e. The molecule has 0 rings (SSSR count). The smallest absolute Gasteiger partial charge is 0.406 e. The SMILES string of the molecule is COC(=O)NCCS(C)(=O)=O. The normalized spacial score (nSPS) is 10.7. The number of carbonyl (C=O) groups excluding carboxylic acids is 1. The second kappa shape index (κ2) is 4.17. The first-order valence-corrected chi connectivity index (χ1v) is 5.01.